The predicted molar refractivity (Wildman–Crippen MR) is 51.9 cm³/mol. The fraction of sp³-hybridized carbons (Fsp3) is 1.00. The highest BCUT2D eigenvalue weighted by molar-refractivity contribution is 4.77. The van der Waals surface area contributed by atoms with Crippen LogP contribution >= 0.6 is 0 Å². The van der Waals surface area contributed by atoms with Crippen LogP contribution in [0.4, 0.5) is 0 Å². The Bertz CT molecular complexity index is 129. The van der Waals surface area contributed by atoms with E-state index in [-0.39, 0.29) is 6.10 Å². The summed E-state index contributed by atoms with van der Waals surface area (Å²) in [6.07, 6.45) is 0.179. The van der Waals surface area contributed by atoms with Crippen molar-refractivity contribution in [3.8, 4) is 0 Å². The standard InChI is InChI=1S/C9H20N2O2/c1-12-7-9(13-2)6-11-5-8-3-10-4-8/h8-11H,3-7H2,1-2H3. The lowest BCUT2D eigenvalue weighted by Crippen LogP contribution is -2.48. The molecule has 0 radical (unpaired) electrons. The van der Waals surface area contributed by atoms with Gasteiger partial charge in [-0.2, -0.15) is 0 Å². The maximum Gasteiger partial charge on any atom is 0.0928 e. The summed E-state index contributed by atoms with van der Waals surface area (Å²) in [6, 6.07) is 0. The number of hydrogen-bond donors (Lipinski definition) is 2. The molecular weight excluding hydrogens is 168 g/mol. The summed E-state index contributed by atoms with van der Waals surface area (Å²) >= 11 is 0. The van der Waals surface area contributed by atoms with Crippen molar-refractivity contribution in [2.75, 3.05) is 47.0 Å². The van der Waals surface area contributed by atoms with E-state index < -0.39 is 0 Å². The van der Waals surface area contributed by atoms with Crippen LogP contribution in [0, 0.1) is 5.92 Å². The van der Waals surface area contributed by atoms with Gasteiger partial charge < -0.3 is 20.1 Å². The van der Waals surface area contributed by atoms with Gasteiger partial charge in [-0.25, -0.2) is 0 Å². The smallest absolute Gasteiger partial charge is 0.0928 e. The van der Waals surface area contributed by atoms with Crippen LogP contribution in [0.25, 0.3) is 0 Å². The van der Waals surface area contributed by atoms with Gasteiger partial charge in [0.25, 0.3) is 0 Å². The molecule has 0 amide bonds. The molecule has 1 rings (SSSR count). The first-order valence-corrected chi connectivity index (χ1v) is 4.80. The number of methoxy groups -OCH3 is 2. The van der Waals surface area contributed by atoms with Gasteiger partial charge in [-0.05, 0) is 5.92 Å². The van der Waals surface area contributed by atoms with Gasteiger partial charge in [-0.15, -0.1) is 0 Å². The Kier molecular flexibility index (Phi) is 5.31. The van der Waals surface area contributed by atoms with E-state index in [1.165, 1.54) is 0 Å². The zero-order valence-electron chi connectivity index (χ0n) is 8.51. The number of ether oxygens (including phenoxy) is 2. The molecule has 13 heavy (non-hydrogen) atoms. The third kappa shape index (κ3) is 4.04. The van der Waals surface area contributed by atoms with Crippen molar-refractivity contribution in [3.05, 3.63) is 0 Å². The molecule has 1 atom stereocenters. The Morgan fingerprint density at radius 1 is 1.46 bits per heavy atom. The highest BCUT2D eigenvalue weighted by Crippen LogP contribution is 1.99. The molecule has 4 nitrogen and oxygen atoms in total. The van der Waals surface area contributed by atoms with Gasteiger partial charge in [-0.3, -0.25) is 0 Å². The van der Waals surface area contributed by atoms with E-state index in [1.54, 1.807) is 14.2 Å². The summed E-state index contributed by atoms with van der Waals surface area (Å²) in [5.74, 6) is 0.806. The van der Waals surface area contributed by atoms with Crippen molar-refractivity contribution in [2.24, 2.45) is 5.92 Å². The first-order chi connectivity index (χ1) is 6.36. The van der Waals surface area contributed by atoms with Crippen LogP contribution < -0.4 is 10.6 Å². The van der Waals surface area contributed by atoms with E-state index >= 15 is 0 Å². The fourth-order valence-corrected chi connectivity index (χ4v) is 1.34. The molecule has 1 fully saturated rings. The first-order valence-electron chi connectivity index (χ1n) is 4.80. The van der Waals surface area contributed by atoms with Gasteiger partial charge in [0.15, 0.2) is 0 Å². The van der Waals surface area contributed by atoms with Crippen molar-refractivity contribution in [1.82, 2.24) is 10.6 Å². The molecule has 0 aromatic rings. The van der Waals surface area contributed by atoms with Crippen LogP contribution in [0.15, 0.2) is 0 Å². The Labute approximate surface area is 80.0 Å². The van der Waals surface area contributed by atoms with E-state index in [0.29, 0.717) is 6.61 Å². The maximum absolute atomic E-state index is 5.22. The SMILES string of the molecule is COCC(CNCC1CNC1)OC. The molecule has 0 spiro atoms. The lowest BCUT2D eigenvalue weighted by molar-refractivity contribution is 0.0282. The molecule has 0 bridgehead atoms. The van der Waals surface area contributed by atoms with Gasteiger partial charge in [-0.1, -0.05) is 0 Å². The molecule has 2 N–H and O–H groups in total. The summed E-state index contributed by atoms with van der Waals surface area (Å²) in [6.45, 7) is 4.91. The normalized spacial score (nSPS) is 19.8. The molecule has 1 unspecified atom stereocenters. The Morgan fingerprint density at radius 2 is 2.23 bits per heavy atom. The van der Waals surface area contributed by atoms with Gasteiger partial charge in [0.05, 0.1) is 12.7 Å². The molecule has 1 aliphatic rings. The van der Waals surface area contributed by atoms with Crippen LogP contribution in [0.3, 0.4) is 0 Å². The summed E-state index contributed by atoms with van der Waals surface area (Å²) < 4.78 is 10.2. The molecule has 1 aliphatic heterocycles. The van der Waals surface area contributed by atoms with E-state index in [0.717, 1.165) is 32.1 Å². The van der Waals surface area contributed by atoms with Gasteiger partial charge in [0.2, 0.25) is 0 Å². The molecule has 0 aliphatic carbocycles. The average molecular weight is 188 g/mol. The molecule has 4 heteroatoms. The fourth-order valence-electron chi connectivity index (χ4n) is 1.34. The maximum atomic E-state index is 5.22. The van der Waals surface area contributed by atoms with Gasteiger partial charge in [0, 0.05) is 40.4 Å². The second-order valence-electron chi connectivity index (χ2n) is 3.50. The largest absolute Gasteiger partial charge is 0.382 e. The Balaban J connectivity index is 1.94. The highest BCUT2D eigenvalue weighted by atomic mass is 16.5. The third-order valence-corrected chi connectivity index (χ3v) is 2.36. The minimum atomic E-state index is 0.179. The Morgan fingerprint density at radius 3 is 2.69 bits per heavy atom. The number of nitrogens with one attached hydrogen (secondary N) is 2. The molecule has 1 saturated heterocycles. The molecule has 1 heterocycles. The zero-order chi connectivity index (χ0) is 9.52. The van der Waals surface area contributed by atoms with Crippen molar-refractivity contribution in [2.45, 2.75) is 6.10 Å². The second-order valence-corrected chi connectivity index (χ2v) is 3.50. The minimum absolute atomic E-state index is 0.179. The van der Waals surface area contributed by atoms with Crippen LogP contribution in [0.5, 0.6) is 0 Å². The van der Waals surface area contributed by atoms with E-state index in [2.05, 4.69) is 10.6 Å². The van der Waals surface area contributed by atoms with Crippen LogP contribution in [0.2, 0.25) is 0 Å². The summed E-state index contributed by atoms with van der Waals surface area (Å²) in [5, 5.41) is 6.62. The minimum Gasteiger partial charge on any atom is -0.382 e. The monoisotopic (exact) mass is 188 g/mol. The van der Waals surface area contributed by atoms with E-state index in [4.69, 9.17) is 9.47 Å². The van der Waals surface area contributed by atoms with Crippen LogP contribution in [-0.2, 0) is 9.47 Å². The summed E-state index contributed by atoms with van der Waals surface area (Å²) in [5.41, 5.74) is 0. The van der Waals surface area contributed by atoms with Crippen molar-refractivity contribution >= 4 is 0 Å². The lowest BCUT2D eigenvalue weighted by atomic mass is 10.0. The molecular formula is C9H20N2O2. The Hall–Kier alpha value is -0.160. The number of rotatable bonds is 7. The summed E-state index contributed by atoms with van der Waals surface area (Å²) in [4.78, 5) is 0. The number of hydrogen-bond acceptors (Lipinski definition) is 4. The molecule has 0 aromatic carbocycles. The van der Waals surface area contributed by atoms with Crippen LogP contribution in [-0.4, -0.2) is 53.1 Å². The van der Waals surface area contributed by atoms with E-state index in [9.17, 15) is 0 Å². The first kappa shape index (κ1) is 10.9. The molecule has 0 saturated carbocycles. The van der Waals surface area contributed by atoms with Gasteiger partial charge >= 0.3 is 0 Å². The average Bonchev–Trinajstić information content (AvgIpc) is 2.07. The highest BCUT2D eigenvalue weighted by Gasteiger charge is 2.16. The molecule has 78 valence electrons. The van der Waals surface area contributed by atoms with Crippen molar-refractivity contribution < 1.29 is 9.47 Å². The topological polar surface area (TPSA) is 42.5 Å². The summed E-state index contributed by atoms with van der Waals surface area (Å²) in [7, 11) is 3.41. The zero-order valence-corrected chi connectivity index (χ0v) is 8.51. The quantitative estimate of drug-likeness (QED) is 0.563. The van der Waals surface area contributed by atoms with E-state index in [1.807, 2.05) is 0 Å². The molecule has 0 aromatic heterocycles. The predicted octanol–water partition coefficient (Wildman–Crippen LogP) is -0.543. The third-order valence-electron chi connectivity index (χ3n) is 2.36. The lowest BCUT2D eigenvalue weighted by Gasteiger charge is -2.28. The van der Waals surface area contributed by atoms with Crippen molar-refractivity contribution in [3.63, 3.8) is 0 Å². The van der Waals surface area contributed by atoms with Crippen LogP contribution in [0.1, 0.15) is 0 Å². The second kappa shape index (κ2) is 6.32. The van der Waals surface area contributed by atoms with Gasteiger partial charge in [0.1, 0.15) is 0 Å². The van der Waals surface area contributed by atoms with Crippen molar-refractivity contribution in [1.29, 1.82) is 0 Å².